The number of hydrogen-bond donors (Lipinski definition) is 0. The number of carbonyl (C=O) groups excluding carboxylic acids is 1. The Hall–Kier alpha value is -0.610. The summed E-state index contributed by atoms with van der Waals surface area (Å²) in [6, 6.07) is 0. The average Bonchev–Trinajstić information content (AvgIpc) is 2.41. The number of rotatable bonds is 4. The molecule has 2 aliphatic rings. The quantitative estimate of drug-likeness (QED) is 0.798. The molecule has 0 unspecified atom stereocenters. The van der Waals surface area contributed by atoms with Crippen molar-refractivity contribution in [2.75, 3.05) is 20.1 Å². The summed E-state index contributed by atoms with van der Waals surface area (Å²) in [4.78, 5) is 12.7. The number of hydrazine groups is 1. The first-order chi connectivity index (χ1) is 9.76. The van der Waals surface area contributed by atoms with E-state index >= 15 is 0 Å². The molecule has 4 nitrogen and oxygen atoms in total. The van der Waals surface area contributed by atoms with Crippen LogP contribution in [-0.4, -0.2) is 47.3 Å². The van der Waals surface area contributed by atoms with Gasteiger partial charge in [0.2, 0.25) is 0 Å². The molecule has 1 spiro atoms. The fourth-order valence-electron chi connectivity index (χ4n) is 3.57. The van der Waals surface area contributed by atoms with Gasteiger partial charge in [0.25, 0.3) is 5.91 Å². The number of hydrogen-bond acceptors (Lipinski definition) is 3. The minimum absolute atomic E-state index is 0.102. The molecule has 21 heavy (non-hydrogen) atoms. The average molecular weight is 296 g/mol. The molecule has 1 heterocycles. The van der Waals surface area contributed by atoms with Crippen molar-refractivity contribution in [2.45, 2.75) is 77.4 Å². The van der Waals surface area contributed by atoms with E-state index in [1.54, 1.807) is 0 Å². The van der Waals surface area contributed by atoms with Crippen LogP contribution in [0.4, 0.5) is 0 Å². The van der Waals surface area contributed by atoms with Gasteiger partial charge in [-0.15, -0.1) is 0 Å². The van der Waals surface area contributed by atoms with Gasteiger partial charge in [-0.3, -0.25) is 9.80 Å². The standard InChI is InChI=1S/C17H32N2O2/c1-14(2)9-12-18(5)19-13-17(10-7-6-8-11-17)21-16(3,4)15(19)20/h14H,6-13H2,1-5H3. The first-order valence-electron chi connectivity index (χ1n) is 8.49. The summed E-state index contributed by atoms with van der Waals surface area (Å²) >= 11 is 0. The van der Waals surface area contributed by atoms with Crippen LogP contribution in [0.15, 0.2) is 0 Å². The SMILES string of the molecule is CC(C)CCN(C)N1CC2(CCCCC2)OC(C)(C)C1=O. The minimum atomic E-state index is -0.707. The van der Waals surface area contributed by atoms with Crippen molar-refractivity contribution in [2.24, 2.45) is 5.92 Å². The molecule has 0 aromatic carbocycles. The second-order valence-corrected chi connectivity index (χ2v) is 7.78. The molecule has 0 N–H and O–H groups in total. The highest BCUT2D eigenvalue weighted by molar-refractivity contribution is 5.84. The highest BCUT2D eigenvalue weighted by Crippen LogP contribution is 2.40. The van der Waals surface area contributed by atoms with Gasteiger partial charge in [-0.2, -0.15) is 0 Å². The topological polar surface area (TPSA) is 32.8 Å². The third-order valence-corrected chi connectivity index (χ3v) is 4.87. The van der Waals surface area contributed by atoms with Crippen LogP contribution in [0.25, 0.3) is 0 Å². The van der Waals surface area contributed by atoms with Crippen LogP contribution >= 0.6 is 0 Å². The van der Waals surface area contributed by atoms with Gasteiger partial charge >= 0.3 is 0 Å². The third-order valence-electron chi connectivity index (χ3n) is 4.87. The maximum absolute atomic E-state index is 12.7. The molecule has 1 amide bonds. The van der Waals surface area contributed by atoms with E-state index in [0.717, 1.165) is 32.4 Å². The molecule has 2 fully saturated rings. The lowest BCUT2D eigenvalue weighted by molar-refractivity contribution is -0.236. The van der Waals surface area contributed by atoms with Gasteiger partial charge in [0.15, 0.2) is 0 Å². The van der Waals surface area contributed by atoms with Crippen molar-refractivity contribution in [3.05, 3.63) is 0 Å². The van der Waals surface area contributed by atoms with Crippen LogP contribution in [0.3, 0.4) is 0 Å². The van der Waals surface area contributed by atoms with Crippen molar-refractivity contribution in [3.63, 3.8) is 0 Å². The third kappa shape index (κ3) is 3.78. The molecule has 0 aromatic heterocycles. The zero-order valence-corrected chi connectivity index (χ0v) is 14.4. The van der Waals surface area contributed by atoms with E-state index in [9.17, 15) is 4.79 Å². The van der Waals surface area contributed by atoms with Crippen molar-refractivity contribution >= 4 is 5.91 Å². The van der Waals surface area contributed by atoms with Crippen molar-refractivity contribution in [3.8, 4) is 0 Å². The van der Waals surface area contributed by atoms with Gasteiger partial charge < -0.3 is 4.74 Å². The van der Waals surface area contributed by atoms with Gasteiger partial charge in [-0.25, -0.2) is 5.01 Å². The number of amides is 1. The smallest absolute Gasteiger partial charge is 0.268 e. The predicted octanol–water partition coefficient (Wildman–Crippen LogP) is 3.22. The lowest BCUT2D eigenvalue weighted by atomic mass is 9.82. The molecule has 1 aliphatic carbocycles. The Morgan fingerprint density at radius 3 is 2.43 bits per heavy atom. The second kappa shape index (κ2) is 6.25. The van der Waals surface area contributed by atoms with Gasteiger partial charge in [0.05, 0.1) is 12.1 Å². The first kappa shape index (κ1) is 16.8. The molecular weight excluding hydrogens is 264 g/mol. The van der Waals surface area contributed by atoms with Crippen molar-refractivity contribution < 1.29 is 9.53 Å². The number of carbonyl (C=O) groups is 1. The Bertz CT molecular complexity index is 373. The zero-order valence-electron chi connectivity index (χ0n) is 14.4. The highest BCUT2D eigenvalue weighted by atomic mass is 16.5. The summed E-state index contributed by atoms with van der Waals surface area (Å²) in [5.41, 5.74) is -0.830. The van der Waals surface area contributed by atoms with Crippen LogP contribution < -0.4 is 0 Å². The summed E-state index contributed by atoms with van der Waals surface area (Å²) in [6.07, 6.45) is 7.00. The second-order valence-electron chi connectivity index (χ2n) is 7.78. The van der Waals surface area contributed by atoms with E-state index in [-0.39, 0.29) is 11.5 Å². The number of ether oxygens (including phenoxy) is 1. The summed E-state index contributed by atoms with van der Waals surface area (Å²) in [7, 11) is 2.04. The fraction of sp³-hybridized carbons (Fsp3) is 0.941. The molecule has 2 rings (SSSR count). The first-order valence-corrected chi connectivity index (χ1v) is 8.49. The Balaban J connectivity index is 2.12. The lowest BCUT2D eigenvalue weighted by Gasteiger charge is -2.52. The fourth-order valence-corrected chi connectivity index (χ4v) is 3.57. The van der Waals surface area contributed by atoms with Crippen LogP contribution in [0, 0.1) is 5.92 Å². The monoisotopic (exact) mass is 296 g/mol. The summed E-state index contributed by atoms with van der Waals surface area (Å²) in [5, 5.41) is 4.07. The Morgan fingerprint density at radius 1 is 1.24 bits per heavy atom. The van der Waals surface area contributed by atoms with Gasteiger partial charge in [0.1, 0.15) is 5.60 Å². The molecule has 1 saturated carbocycles. The normalized spacial score (nSPS) is 25.1. The van der Waals surface area contributed by atoms with Gasteiger partial charge in [0, 0.05) is 13.6 Å². The van der Waals surface area contributed by atoms with E-state index in [2.05, 4.69) is 18.9 Å². The Labute approximate surface area is 129 Å². The highest BCUT2D eigenvalue weighted by Gasteiger charge is 2.50. The predicted molar refractivity (Wildman–Crippen MR) is 84.8 cm³/mol. The molecule has 0 bridgehead atoms. The van der Waals surface area contributed by atoms with Crippen molar-refractivity contribution in [1.82, 2.24) is 10.0 Å². The van der Waals surface area contributed by atoms with E-state index in [4.69, 9.17) is 4.74 Å². The van der Waals surface area contributed by atoms with Crippen LogP contribution in [0.1, 0.15) is 66.2 Å². The van der Waals surface area contributed by atoms with Crippen LogP contribution in [-0.2, 0) is 9.53 Å². The van der Waals surface area contributed by atoms with Crippen LogP contribution in [0.5, 0.6) is 0 Å². The summed E-state index contributed by atoms with van der Waals surface area (Å²) < 4.78 is 6.30. The van der Waals surface area contributed by atoms with Crippen LogP contribution in [0.2, 0.25) is 0 Å². The van der Waals surface area contributed by atoms with Crippen molar-refractivity contribution in [1.29, 1.82) is 0 Å². The summed E-state index contributed by atoms with van der Waals surface area (Å²) in [5.74, 6) is 0.755. The summed E-state index contributed by atoms with van der Waals surface area (Å²) in [6.45, 7) is 9.95. The van der Waals surface area contributed by atoms with E-state index < -0.39 is 5.60 Å². The molecule has 122 valence electrons. The number of nitrogens with zero attached hydrogens (tertiary/aromatic N) is 2. The molecule has 1 saturated heterocycles. The maximum Gasteiger partial charge on any atom is 0.268 e. The molecule has 4 heteroatoms. The maximum atomic E-state index is 12.7. The van der Waals surface area contributed by atoms with E-state index in [1.807, 2.05) is 25.9 Å². The number of morpholine rings is 1. The van der Waals surface area contributed by atoms with E-state index in [1.165, 1.54) is 19.3 Å². The largest absolute Gasteiger partial charge is 0.357 e. The zero-order chi connectivity index (χ0) is 15.7. The minimum Gasteiger partial charge on any atom is -0.357 e. The molecular formula is C17H32N2O2. The molecule has 0 atom stereocenters. The Morgan fingerprint density at radius 2 is 1.86 bits per heavy atom. The molecule has 1 aliphatic heterocycles. The lowest BCUT2D eigenvalue weighted by Crippen LogP contribution is -2.66. The molecule has 0 radical (unpaired) electrons. The Kier molecular flexibility index (Phi) is 4.99. The van der Waals surface area contributed by atoms with E-state index in [0.29, 0.717) is 5.92 Å². The van der Waals surface area contributed by atoms with Gasteiger partial charge in [-0.05, 0) is 39.0 Å². The van der Waals surface area contributed by atoms with Gasteiger partial charge in [-0.1, -0.05) is 33.1 Å². The molecule has 0 aromatic rings.